The second-order valence-electron chi connectivity index (χ2n) is 5.71. The van der Waals surface area contributed by atoms with E-state index in [4.69, 9.17) is 0 Å². The second-order valence-corrected chi connectivity index (χ2v) is 5.71. The fourth-order valence-electron chi connectivity index (χ4n) is 2.71. The minimum absolute atomic E-state index is 0.168. The SMILES string of the molecule is CCCN1CCC(NCC(C)CC(C)O)CC1. The van der Waals surface area contributed by atoms with E-state index in [2.05, 4.69) is 24.1 Å². The van der Waals surface area contributed by atoms with E-state index in [9.17, 15) is 5.11 Å². The summed E-state index contributed by atoms with van der Waals surface area (Å²) in [5.74, 6) is 0.573. The van der Waals surface area contributed by atoms with Crippen LogP contribution in [0.25, 0.3) is 0 Å². The summed E-state index contributed by atoms with van der Waals surface area (Å²) < 4.78 is 0. The molecule has 102 valence electrons. The van der Waals surface area contributed by atoms with E-state index >= 15 is 0 Å². The van der Waals surface area contributed by atoms with Crippen LogP contribution in [0.5, 0.6) is 0 Å². The molecule has 0 aliphatic carbocycles. The van der Waals surface area contributed by atoms with Crippen LogP contribution in [-0.4, -0.2) is 48.3 Å². The largest absolute Gasteiger partial charge is 0.393 e. The maximum Gasteiger partial charge on any atom is 0.0515 e. The standard InChI is InChI=1S/C14H30N2O/c1-4-7-16-8-5-14(6-9-16)15-11-12(2)10-13(3)17/h12-15,17H,4-11H2,1-3H3. The van der Waals surface area contributed by atoms with Crippen LogP contribution in [0.15, 0.2) is 0 Å². The Labute approximate surface area is 107 Å². The highest BCUT2D eigenvalue weighted by atomic mass is 16.3. The van der Waals surface area contributed by atoms with Gasteiger partial charge in [-0.05, 0) is 64.7 Å². The first-order valence-electron chi connectivity index (χ1n) is 7.25. The van der Waals surface area contributed by atoms with E-state index in [1.165, 1.54) is 38.9 Å². The Balaban J connectivity index is 2.09. The van der Waals surface area contributed by atoms with Crippen molar-refractivity contribution in [3.05, 3.63) is 0 Å². The van der Waals surface area contributed by atoms with Crippen molar-refractivity contribution in [1.82, 2.24) is 10.2 Å². The highest BCUT2D eigenvalue weighted by Gasteiger charge is 2.18. The van der Waals surface area contributed by atoms with E-state index in [-0.39, 0.29) is 6.10 Å². The van der Waals surface area contributed by atoms with Crippen LogP contribution in [0.3, 0.4) is 0 Å². The number of aliphatic hydroxyl groups excluding tert-OH is 1. The Hall–Kier alpha value is -0.120. The number of nitrogens with zero attached hydrogens (tertiary/aromatic N) is 1. The van der Waals surface area contributed by atoms with E-state index in [0.717, 1.165) is 13.0 Å². The van der Waals surface area contributed by atoms with Crippen molar-refractivity contribution in [2.75, 3.05) is 26.2 Å². The lowest BCUT2D eigenvalue weighted by Crippen LogP contribution is -2.43. The zero-order valence-corrected chi connectivity index (χ0v) is 11.8. The van der Waals surface area contributed by atoms with Gasteiger partial charge < -0.3 is 15.3 Å². The van der Waals surface area contributed by atoms with Gasteiger partial charge in [-0.15, -0.1) is 0 Å². The summed E-state index contributed by atoms with van der Waals surface area (Å²) in [4.78, 5) is 2.57. The van der Waals surface area contributed by atoms with Crippen LogP contribution < -0.4 is 5.32 Å². The molecule has 0 aromatic rings. The van der Waals surface area contributed by atoms with Crippen molar-refractivity contribution >= 4 is 0 Å². The van der Waals surface area contributed by atoms with Gasteiger partial charge in [0.1, 0.15) is 0 Å². The molecule has 3 heteroatoms. The van der Waals surface area contributed by atoms with Crippen molar-refractivity contribution in [3.63, 3.8) is 0 Å². The zero-order valence-electron chi connectivity index (χ0n) is 11.8. The quantitative estimate of drug-likeness (QED) is 0.715. The van der Waals surface area contributed by atoms with Crippen LogP contribution >= 0.6 is 0 Å². The summed E-state index contributed by atoms with van der Waals surface area (Å²) in [5, 5.41) is 13.0. The summed E-state index contributed by atoms with van der Waals surface area (Å²) >= 11 is 0. The number of piperidine rings is 1. The molecule has 1 heterocycles. The monoisotopic (exact) mass is 242 g/mol. The Kier molecular flexibility index (Phi) is 7.09. The number of rotatable bonds is 7. The molecule has 1 aliphatic rings. The number of hydrogen-bond acceptors (Lipinski definition) is 3. The third kappa shape index (κ3) is 6.39. The predicted octanol–water partition coefficient (Wildman–Crippen LogP) is 1.86. The maximum absolute atomic E-state index is 9.32. The molecule has 0 saturated carbocycles. The molecule has 0 aromatic heterocycles. The van der Waals surface area contributed by atoms with Crippen molar-refractivity contribution in [1.29, 1.82) is 0 Å². The molecule has 0 radical (unpaired) electrons. The van der Waals surface area contributed by atoms with Gasteiger partial charge in [0.05, 0.1) is 6.10 Å². The third-order valence-corrected chi connectivity index (χ3v) is 3.63. The maximum atomic E-state index is 9.32. The summed E-state index contributed by atoms with van der Waals surface area (Å²) in [6.07, 6.45) is 4.56. The average Bonchev–Trinajstić information content (AvgIpc) is 2.28. The fraction of sp³-hybridized carbons (Fsp3) is 1.00. The number of aliphatic hydroxyl groups is 1. The molecule has 0 amide bonds. The van der Waals surface area contributed by atoms with Crippen molar-refractivity contribution in [2.24, 2.45) is 5.92 Å². The van der Waals surface area contributed by atoms with Gasteiger partial charge in [0.15, 0.2) is 0 Å². The minimum Gasteiger partial charge on any atom is -0.393 e. The third-order valence-electron chi connectivity index (χ3n) is 3.63. The smallest absolute Gasteiger partial charge is 0.0515 e. The fourth-order valence-corrected chi connectivity index (χ4v) is 2.71. The summed E-state index contributed by atoms with van der Waals surface area (Å²) in [6, 6.07) is 0.694. The molecule has 1 fully saturated rings. The lowest BCUT2D eigenvalue weighted by molar-refractivity contribution is 0.157. The van der Waals surface area contributed by atoms with Gasteiger partial charge >= 0.3 is 0 Å². The summed E-state index contributed by atoms with van der Waals surface area (Å²) in [5.41, 5.74) is 0. The van der Waals surface area contributed by atoms with Gasteiger partial charge in [-0.25, -0.2) is 0 Å². The molecule has 2 N–H and O–H groups in total. The molecule has 17 heavy (non-hydrogen) atoms. The molecule has 0 aromatic carbocycles. The predicted molar refractivity (Wildman–Crippen MR) is 73.2 cm³/mol. The molecule has 2 atom stereocenters. The second kappa shape index (κ2) is 8.06. The van der Waals surface area contributed by atoms with E-state index in [0.29, 0.717) is 12.0 Å². The summed E-state index contributed by atoms with van der Waals surface area (Å²) in [7, 11) is 0. The average molecular weight is 242 g/mol. The summed E-state index contributed by atoms with van der Waals surface area (Å²) in [6.45, 7) is 11.1. The lowest BCUT2D eigenvalue weighted by Gasteiger charge is -2.32. The molecular formula is C14H30N2O. The first-order chi connectivity index (χ1) is 8.11. The van der Waals surface area contributed by atoms with Gasteiger partial charge in [-0.2, -0.15) is 0 Å². The Morgan fingerprint density at radius 2 is 1.94 bits per heavy atom. The van der Waals surface area contributed by atoms with E-state index < -0.39 is 0 Å². The first kappa shape index (κ1) is 14.9. The van der Waals surface area contributed by atoms with Gasteiger partial charge in [-0.1, -0.05) is 13.8 Å². The number of likely N-dealkylation sites (tertiary alicyclic amines) is 1. The molecule has 3 nitrogen and oxygen atoms in total. The normalized spacial score (nSPS) is 22.6. The Bertz CT molecular complexity index is 189. The molecule has 0 spiro atoms. The topological polar surface area (TPSA) is 35.5 Å². The van der Waals surface area contributed by atoms with Gasteiger partial charge in [-0.3, -0.25) is 0 Å². The molecular weight excluding hydrogens is 212 g/mol. The molecule has 1 aliphatic heterocycles. The number of nitrogens with one attached hydrogen (secondary N) is 1. The van der Waals surface area contributed by atoms with Gasteiger partial charge in [0, 0.05) is 6.04 Å². The van der Waals surface area contributed by atoms with Crippen molar-refractivity contribution in [2.45, 2.75) is 58.6 Å². The van der Waals surface area contributed by atoms with Gasteiger partial charge in [0.2, 0.25) is 0 Å². The van der Waals surface area contributed by atoms with Crippen molar-refractivity contribution < 1.29 is 5.11 Å². The van der Waals surface area contributed by atoms with Crippen LogP contribution in [0.2, 0.25) is 0 Å². The van der Waals surface area contributed by atoms with E-state index in [1.54, 1.807) is 0 Å². The van der Waals surface area contributed by atoms with Gasteiger partial charge in [0.25, 0.3) is 0 Å². The van der Waals surface area contributed by atoms with Crippen LogP contribution in [0.1, 0.15) is 46.5 Å². The van der Waals surface area contributed by atoms with Crippen LogP contribution in [0, 0.1) is 5.92 Å². The highest BCUT2D eigenvalue weighted by Crippen LogP contribution is 2.12. The molecule has 1 rings (SSSR count). The minimum atomic E-state index is -0.168. The molecule has 0 bridgehead atoms. The Morgan fingerprint density at radius 1 is 1.29 bits per heavy atom. The highest BCUT2D eigenvalue weighted by molar-refractivity contribution is 4.77. The zero-order chi connectivity index (χ0) is 12.7. The number of hydrogen-bond donors (Lipinski definition) is 2. The first-order valence-corrected chi connectivity index (χ1v) is 7.25. The Morgan fingerprint density at radius 3 is 2.47 bits per heavy atom. The van der Waals surface area contributed by atoms with E-state index in [1.807, 2.05) is 6.92 Å². The molecule has 1 saturated heterocycles. The molecule has 2 unspecified atom stereocenters. The van der Waals surface area contributed by atoms with Crippen molar-refractivity contribution in [3.8, 4) is 0 Å². The van der Waals surface area contributed by atoms with Crippen LogP contribution in [-0.2, 0) is 0 Å². The van der Waals surface area contributed by atoms with Crippen LogP contribution in [0.4, 0.5) is 0 Å². The lowest BCUT2D eigenvalue weighted by atomic mass is 10.0.